The lowest BCUT2D eigenvalue weighted by Crippen LogP contribution is -2.01. The summed E-state index contributed by atoms with van der Waals surface area (Å²) in [5.41, 5.74) is 3.81. The van der Waals surface area contributed by atoms with E-state index in [0.717, 1.165) is 12.4 Å². The second kappa shape index (κ2) is 5.19. The van der Waals surface area contributed by atoms with Crippen molar-refractivity contribution in [3.05, 3.63) is 58.2 Å². The molecular weight excluding hydrogens is 232 g/mol. The molecule has 2 nitrogen and oxygen atoms in total. The number of aryl methyl sites for hydroxylation is 2. The summed E-state index contributed by atoms with van der Waals surface area (Å²) in [4.78, 5) is 4.19. The fraction of sp³-hybridized carbons (Fsp3) is 0.214. The molecule has 2 aromatic rings. The van der Waals surface area contributed by atoms with Crippen molar-refractivity contribution in [1.29, 1.82) is 0 Å². The van der Waals surface area contributed by atoms with Gasteiger partial charge in [-0.2, -0.15) is 0 Å². The van der Waals surface area contributed by atoms with E-state index in [-0.39, 0.29) is 0 Å². The van der Waals surface area contributed by atoms with Crippen LogP contribution in [0.2, 0.25) is 5.15 Å². The van der Waals surface area contributed by atoms with E-state index in [4.69, 9.17) is 11.6 Å². The minimum Gasteiger partial charge on any atom is -0.366 e. The van der Waals surface area contributed by atoms with Gasteiger partial charge in [0.2, 0.25) is 0 Å². The number of halogens is 1. The fourth-order valence-corrected chi connectivity index (χ4v) is 2.03. The highest BCUT2D eigenvalue weighted by Crippen LogP contribution is 2.13. The smallest absolute Gasteiger partial charge is 0.131 e. The molecule has 0 spiro atoms. The predicted octanol–water partition coefficient (Wildman–Crippen LogP) is 3.96. The molecule has 0 bridgehead atoms. The third kappa shape index (κ3) is 3.46. The van der Waals surface area contributed by atoms with Gasteiger partial charge in [0.1, 0.15) is 11.0 Å². The van der Waals surface area contributed by atoms with Gasteiger partial charge < -0.3 is 5.32 Å². The number of pyridine rings is 1. The quantitative estimate of drug-likeness (QED) is 0.829. The Morgan fingerprint density at radius 2 is 1.82 bits per heavy atom. The maximum absolute atomic E-state index is 5.83. The molecule has 0 radical (unpaired) electrons. The second-order valence-corrected chi connectivity index (χ2v) is 4.58. The normalized spacial score (nSPS) is 10.3. The maximum atomic E-state index is 5.83. The number of hydrogen-bond acceptors (Lipinski definition) is 2. The maximum Gasteiger partial charge on any atom is 0.131 e. The Labute approximate surface area is 107 Å². The molecule has 1 N–H and O–H groups in total. The SMILES string of the molecule is Cc1cc(C)cc(CNc2cccc(Cl)n2)c1. The van der Waals surface area contributed by atoms with Crippen LogP contribution in [0.15, 0.2) is 36.4 Å². The van der Waals surface area contributed by atoms with Gasteiger partial charge >= 0.3 is 0 Å². The molecule has 0 saturated heterocycles. The van der Waals surface area contributed by atoms with Crippen LogP contribution in [0.25, 0.3) is 0 Å². The Bertz CT molecular complexity index is 503. The molecular formula is C14H15ClN2. The van der Waals surface area contributed by atoms with Crippen molar-refractivity contribution >= 4 is 17.4 Å². The van der Waals surface area contributed by atoms with Crippen molar-refractivity contribution < 1.29 is 0 Å². The molecule has 0 aliphatic heterocycles. The van der Waals surface area contributed by atoms with Crippen molar-refractivity contribution in [3.8, 4) is 0 Å². The first-order valence-corrected chi connectivity index (χ1v) is 5.95. The number of anilines is 1. The zero-order valence-corrected chi connectivity index (χ0v) is 10.8. The summed E-state index contributed by atoms with van der Waals surface area (Å²) in [6.45, 7) is 4.97. The van der Waals surface area contributed by atoms with E-state index in [1.165, 1.54) is 16.7 Å². The molecule has 0 fully saturated rings. The Balaban J connectivity index is 2.07. The van der Waals surface area contributed by atoms with E-state index in [0.29, 0.717) is 5.15 Å². The fourth-order valence-electron chi connectivity index (χ4n) is 1.87. The van der Waals surface area contributed by atoms with Gasteiger partial charge in [0.05, 0.1) is 0 Å². The Morgan fingerprint density at radius 1 is 1.12 bits per heavy atom. The molecule has 0 aliphatic rings. The summed E-state index contributed by atoms with van der Waals surface area (Å²) < 4.78 is 0. The largest absolute Gasteiger partial charge is 0.366 e. The lowest BCUT2D eigenvalue weighted by atomic mass is 10.1. The van der Waals surface area contributed by atoms with E-state index in [1.807, 2.05) is 12.1 Å². The van der Waals surface area contributed by atoms with Crippen LogP contribution < -0.4 is 5.32 Å². The van der Waals surface area contributed by atoms with Gasteiger partial charge in [-0.3, -0.25) is 0 Å². The molecule has 1 aromatic carbocycles. The number of benzene rings is 1. The van der Waals surface area contributed by atoms with E-state index in [1.54, 1.807) is 6.07 Å². The van der Waals surface area contributed by atoms with Crippen molar-refractivity contribution in [1.82, 2.24) is 4.98 Å². The molecule has 0 saturated carbocycles. The first kappa shape index (κ1) is 11.9. The highest BCUT2D eigenvalue weighted by molar-refractivity contribution is 6.29. The van der Waals surface area contributed by atoms with Gasteiger partial charge in [-0.1, -0.05) is 47.0 Å². The standard InChI is InChI=1S/C14H15ClN2/c1-10-6-11(2)8-12(7-10)9-16-14-5-3-4-13(15)17-14/h3-8H,9H2,1-2H3,(H,16,17). The minimum atomic E-state index is 0.510. The average Bonchev–Trinajstić information content (AvgIpc) is 2.25. The molecule has 3 heteroatoms. The van der Waals surface area contributed by atoms with E-state index < -0.39 is 0 Å². The second-order valence-electron chi connectivity index (χ2n) is 4.20. The van der Waals surface area contributed by atoms with Crippen LogP contribution in [0.5, 0.6) is 0 Å². The molecule has 88 valence electrons. The zero-order valence-electron chi connectivity index (χ0n) is 10.00. The van der Waals surface area contributed by atoms with Crippen molar-refractivity contribution in [2.75, 3.05) is 5.32 Å². The van der Waals surface area contributed by atoms with Crippen molar-refractivity contribution in [2.24, 2.45) is 0 Å². The minimum absolute atomic E-state index is 0.510. The number of aromatic nitrogens is 1. The monoisotopic (exact) mass is 246 g/mol. The Kier molecular flexibility index (Phi) is 3.64. The van der Waals surface area contributed by atoms with Gasteiger partial charge in [0.15, 0.2) is 0 Å². The molecule has 0 aliphatic carbocycles. The van der Waals surface area contributed by atoms with Crippen molar-refractivity contribution in [3.63, 3.8) is 0 Å². The number of rotatable bonds is 3. The lowest BCUT2D eigenvalue weighted by molar-refractivity contribution is 1.10. The van der Waals surface area contributed by atoms with Gasteiger partial charge in [-0.15, -0.1) is 0 Å². The molecule has 17 heavy (non-hydrogen) atoms. The third-order valence-electron chi connectivity index (χ3n) is 2.47. The Morgan fingerprint density at radius 3 is 2.47 bits per heavy atom. The van der Waals surface area contributed by atoms with Crippen LogP contribution in [0.3, 0.4) is 0 Å². The summed E-state index contributed by atoms with van der Waals surface area (Å²) in [6, 6.07) is 12.1. The van der Waals surface area contributed by atoms with Gasteiger partial charge in [-0.05, 0) is 31.5 Å². The van der Waals surface area contributed by atoms with Gasteiger partial charge in [0.25, 0.3) is 0 Å². The molecule has 0 unspecified atom stereocenters. The van der Waals surface area contributed by atoms with Crippen LogP contribution in [0.4, 0.5) is 5.82 Å². The third-order valence-corrected chi connectivity index (χ3v) is 2.68. The molecule has 0 amide bonds. The number of hydrogen-bond donors (Lipinski definition) is 1. The van der Waals surface area contributed by atoms with Crippen LogP contribution in [-0.2, 0) is 6.54 Å². The summed E-state index contributed by atoms with van der Waals surface area (Å²) in [5.74, 6) is 0.802. The highest BCUT2D eigenvalue weighted by Gasteiger charge is 1.98. The molecule has 0 atom stereocenters. The number of nitrogens with one attached hydrogen (secondary N) is 1. The van der Waals surface area contributed by atoms with Crippen LogP contribution in [0.1, 0.15) is 16.7 Å². The first-order chi connectivity index (χ1) is 8.13. The van der Waals surface area contributed by atoms with Crippen LogP contribution in [0, 0.1) is 13.8 Å². The van der Waals surface area contributed by atoms with Crippen LogP contribution in [-0.4, -0.2) is 4.98 Å². The average molecular weight is 247 g/mol. The lowest BCUT2D eigenvalue weighted by Gasteiger charge is -2.07. The summed E-state index contributed by atoms with van der Waals surface area (Å²) in [5, 5.41) is 3.77. The predicted molar refractivity (Wildman–Crippen MR) is 72.5 cm³/mol. The van der Waals surface area contributed by atoms with Crippen LogP contribution >= 0.6 is 11.6 Å². The summed E-state index contributed by atoms with van der Waals surface area (Å²) in [6.07, 6.45) is 0. The van der Waals surface area contributed by atoms with E-state index >= 15 is 0 Å². The summed E-state index contributed by atoms with van der Waals surface area (Å²) in [7, 11) is 0. The number of nitrogens with zero attached hydrogens (tertiary/aromatic N) is 1. The van der Waals surface area contributed by atoms with Gasteiger partial charge in [0, 0.05) is 6.54 Å². The van der Waals surface area contributed by atoms with Crippen molar-refractivity contribution in [2.45, 2.75) is 20.4 Å². The van der Waals surface area contributed by atoms with Gasteiger partial charge in [-0.25, -0.2) is 4.98 Å². The first-order valence-electron chi connectivity index (χ1n) is 5.57. The van der Waals surface area contributed by atoms with E-state index in [9.17, 15) is 0 Å². The Hall–Kier alpha value is -1.54. The van der Waals surface area contributed by atoms with E-state index in [2.05, 4.69) is 42.3 Å². The molecule has 1 aromatic heterocycles. The highest BCUT2D eigenvalue weighted by atomic mass is 35.5. The zero-order chi connectivity index (χ0) is 12.3. The molecule has 2 rings (SSSR count). The molecule has 1 heterocycles. The topological polar surface area (TPSA) is 24.9 Å². The summed E-state index contributed by atoms with van der Waals surface area (Å²) >= 11 is 5.83.